The number of aryl methyl sites for hydroxylation is 2. The maximum Gasteiger partial charge on any atom is 0.264 e. The zero-order chi connectivity index (χ0) is 11.6. The summed E-state index contributed by atoms with van der Waals surface area (Å²) in [6, 6.07) is -0.00222. The molecule has 1 heterocycles. The molecule has 2 N–H and O–H groups in total. The van der Waals surface area contributed by atoms with Crippen LogP contribution in [0.3, 0.4) is 0 Å². The minimum Gasteiger partial charge on any atom is -0.350 e. The van der Waals surface area contributed by atoms with Crippen molar-refractivity contribution in [1.82, 2.24) is 15.3 Å². The first kappa shape index (κ1) is 11.4. The Labute approximate surface area is 87.9 Å². The van der Waals surface area contributed by atoms with Crippen LogP contribution < -0.4 is 10.9 Å². The Hall–Kier alpha value is -1.65. The lowest BCUT2D eigenvalue weighted by Gasteiger charge is -2.09. The molecule has 1 aromatic heterocycles. The van der Waals surface area contributed by atoms with Crippen molar-refractivity contribution in [2.75, 3.05) is 0 Å². The molecule has 0 aromatic carbocycles. The molecule has 0 aliphatic heterocycles. The standard InChI is InChI=1S/C10H15N3O2/c1-5(2)11-9(14)8-6(3)12-7(4)13-10(8)15/h5H,1-4H3,(H,11,14)(H,12,13,15). The second kappa shape index (κ2) is 4.25. The molecule has 0 saturated heterocycles. The van der Waals surface area contributed by atoms with Crippen molar-refractivity contribution in [2.24, 2.45) is 0 Å². The van der Waals surface area contributed by atoms with Crippen LogP contribution in [0.2, 0.25) is 0 Å². The van der Waals surface area contributed by atoms with Crippen LogP contribution in [0, 0.1) is 13.8 Å². The highest BCUT2D eigenvalue weighted by molar-refractivity contribution is 5.94. The van der Waals surface area contributed by atoms with Gasteiger partial charge in [0.05, 0.1) is 5.69 Å². The first-order valence-electron chi connectivity index (χ1n) is 4.80. The normalized spacial score (nSPS) is 10.5. The third-order valence-corrected chi connectivity index (χ3v) is 1.87. The average molecular weight is 209 g/mol. The maximum atomic E-state index is 11.6. The number of nitrogens with one attached hydrogen (secondary N) is 2. The highest BCUT2D eigenvalue weighted by atomic mass is 16.2. The molecular formula is C10H15N3O2. The van der Waals surface area contributed by atoms with E-state index in [4.69, 9.17) is 0 Å². The van der Waals surface area contributed by atoms with Gasteiger partial charge in [-0.05, 0) is 27.7 Å². The number of aromatic nitrogens is 2. The van der Waals surface area contributed by atoms with E-state index in [1.165, 1.54) is 0 Å². The number of hydrogen-bond donors (Lipinski definition) is 2. The largest absolute Gasteiger partial charge is 0.350 e. The van der Waals surface area contributed by atoms with E-state index in [9.17, 15) is 9.59 Å². The van der Waals surface area contributed by atoms with E-state index in [0.29, 0.717) is 11.5 Å². The van der Waals surface area contributed by atoms with Gasteiger partial charge in [-0.15, -0.1) is 0 Å². The predicted octanol–water partition coefficient (Wildman–Crippen LogP) is 0.525. The highest BCUT2D eigenvalue weighted by Crippen LogP contribution is 1.99. The monoisotopic (exact) mass is 209 g/mol. The Morgan fingerprint density at radius 1 is 1.40 bits per heavy atom. The second-order valence-corrected chi connectivity index (χ2v) is 3.74. The quantitative estimate of drug-likeness (QED) is 0.745. The second-order valence-electron chi connectivity index (χ2n) is 3.74. The van der Waals surface area contributed by atoms with Gasteiger partial charge in [0.15, 0.2) is 0 Å². The van der Waals surface area contributed by atoms with E-state index >= 15 is 0 Å². The summed E-state index contributed by atoms with van der Waals surface area (Å²) in [6.07, 6.45) is 0. The van der Waals surface area contributed by atoms with Crippen LogP contribution >= 0.6 is 0 Å². The van der Waals surface area contributed by atoms with Crippen molar-refractivity contribution < 1.29 is 4.79 Å². The van der Waals surface area contributed by atoms with Gasteiger partial charge in [-0.1, -0.05) is 0 Å². The van der Waals surface area contributed by atoms with Crippen molar-refractivity contribution in [2.45, 2.75) is 33.7 Å². The van der Waals surface area contributed by atoms with Gasteiger partial charge in [-0.25, -0.2) is 4.98 Å². The summed E-state index contributed by atoms with van der Waals surface area (Å²) in [5, 5.41) is 2.66. The fourth-order valence-electron chi connectivity index (χ4n) is 1.33. The first-order valence-corrected chi connectivity index (χ1v) is 4.80. The molecule has 0 aliphatic carbocycles. The number of amides is 1. The Bertz CT molecular complexity index is 435. The Morgan fingerprint density at radius 3 is 2.47 bits per heavy atom. The molecule has 0 aliphatic rings. The molecule has 0 radical (unpaired) electrons. The molecule has 0 bridgehead atoms. The zero-order valence-corrected chi connectivity index (χ0v) is 9.34. The third-order valence-electron chi connectivity index (χ3n) is 1.87. The SMILES string of the molecule is Cc1nc(C)c(C(=O)NC(C)C)c(=O)[nH]1. The predicted molar refractivity (Wildman–Crippen MR) is 56.9 cm³/mol. The lowest BCUT2D eigenvalue weighted by molar-refractivity contribution is 0.0940. The third kappa shape index (κ3) is 2.65. The van der Waals surface area contributed by atoms with Crippen molar-refractivity contribution in [3.63, 3.8) is 0 Å². The summed E-state index contributed by atoms with van der Waals surface area (Å²) in [7, 11) is 0. The average Bonchev–Trinajstić information content (AvgIpc) is 1.99. The van der Waals surface area contributed by atoms with E-state index in [-0.39, 0.29) is 17.5 Å². The van der Waals surface area contributed by atoms with Crippen molar-refractivity contribution in [1.29, 1.82) is 0 Å². The van der Waals surface area contributed by atoms with Gasteiger partial charge < -0.3 is 10.3 Å². The molecule has 1 rings (SSSR count). The number of H-pyrrole nitrogens is 1. The van der Waals surface area contributed by atoms with Gasteiger partial charge in [-0.3, -0.25) is 9.59 Å². The molecular weight excluding hydrogens is 194 g/mol. The summed E-state index contributed by atoms with van der Waals surface area (Å²) >= 11 is 0. The lowest BCUT2D eigenvalue weighted by atomic mass is 10.2. The summed E-state index contributed by atoms with van der Waals surface area (Å²) in [4.78, 5) is 29.7. The molecule has 0 spiro atoms. The molecule has 0 saturated carbocycles. The van der Waals surface area contributed by atoms with E-state index in [2.05, 4.69) is 15.3 Å². The topological polar surface area (TPSA) is 74.8 Å². The van der Waals surface area contributed by atoms with Gasteiger partial charge in [-0.2, -0.15) is 0 Å². The number of nitrogens with zero attached hydrogens (tertiary/aromatic N) is 1. The van der Waals surface area contributed by atoms with Crippen molar-refractivity contribution >= 4 is 5.91 Å². The van der Waals surface area contributed by atoms with E-state index in [1.54, 1.807) is 13.8 Å². The fraction of sp³-hybridized carbons (Fsp3) is 0.500. The van der Waals surface area contributed by atoms with Gasteiger partial charge in [0.25, 0.3) is 11.5 Å². The summed E-state index contributed by atoms with van der Waals surface area (Å²) in [6.45, 7) is 7.00. The summed E-state index contributed by atoms with van der Waals surface area (Å²) in [5.41, 5.74) is 0.154. The van der Waals surface area contributed by atoms with Crippen LogP contribution in [0.4, 0.5) is 0 Å². The van der Waals surface area contributed by atoms with E-state index < -0.39 is 5.56 Å². The molecule has 15 heavy (non-hydrogen) atoms. The molecule has 1 aromatic rings. The van der Waals surface area contributed by atoms with Crippen LogP contribution in [0.25, 0.3) is 0 Å². The Kier molecular flexibility index (Phi) is 3.24. The zero-order valence-electron chi connectivity index (χ0n) is 9.34. The van der Waals surface area contributed by atoms with Crippen LogP contribution in [0.1, 0.15) is 35.7 Å². The fourth-order valence-corrected chi connectivity index (χ4v) is 1.33. The van der Waals surface area contributed by atoms with Crippen molar-refractivity contribution in [3.05, 3.63) is 27.4 Å². The van der Waals surface area contributed by atoms with Crippen molar-refractivity contribution in [3.8, 4) is 0 Å². The number of hydrogen-bond acceptors (Lipinski definition) is 3. The summed E-state index contributed by atoms with van der Waals surface area (Å²) in [5.74, 6) is 0.134. The lowest BCUT2D eigenvalue weighted by Crippen LogP contribution is -2.35. The molecule has 0 fully saturated rings. The number of rotatable bonds is 2. The number of carbonyl (C=O) groups excluding carboxylic acids is 1. The van der Waals surface area contributed by atoms with E-state index in [1.807, 2.05) is 13.8 Å². The van der Waals surface area contributed by atoms with Gasteiger partial charge >= 0.3 is 0 Å². The maximum absolute atomic E-state index is 11.6. The molecule has 1 amide bonds. The smallest absolute Gasteiger partial charge is 0.264 e. The van der Waals surface area contributed by atoms with Crippen LogP contribution in [0.15, 0.2) is 4.79 Å². The molecule has 5 heteroatoms. The van der Waals surface area contributed by atoms with Gasteiger partial charge in [0, 0.05) is 6.04 Å². The summed E-state index contributed by atoms with van der Waals surface area (Å²) < 4.78 is 0. The first-order chi connectivity index (χ1) is 6.91. The highest BCUT2D eigenvalue weighted by Gasteiger charge is 2.15. The minimum absolute atomic E-state index is 0.00222. The van der Waals surface area contributed by atoms with Crippen LogP contribution in [-0.4, -0.2) is 21.9 Å². The molecule has 0 atom stereocenters. The van der Waals surface area contributed by atoms with E-state index in [0.717, 1.165) is 0 Å². The van der Waals surface area contributed by atoms with Crippen LogP contribution in [-0.2, 0) is 0 Å². The number of carbonyl (C=O) groups is 1. The minimum atomic E-state index is -0.391. The Balaban J connectivity index is 3.15. The number of aromatic amines is 1. The molecule has 82 valence electrons. The van der Waals surface area contributed by atoms with Gasteiger partial charge in [0.1, 0.15) is 11.4 Å². The molecule has 5 nitrogen and oxygen atoms in total. The Morgan fingerprint density at radius 2 is 2.00 bits per heavy atom. The van der Waals surface area contributed by atoms with Crippen LogP contribution in [0.5, 0.6) is 0 Å². The van der Waals surface area contributed by atoms with Gasteiger partial charge in [0.2, 0.25) is 0 Å². The molecule has 0 unspecified atom stereocenters.